The van der Waals surface area contributed by atoms with Gasteiger partial charge in [0.05, 0.1) is 0 Å². The average molecular weight is 596 g/mol. The molecule has 1 saturated heterocycles. The largest absolute Gasteiger partial charge is 0.454 e. The molecule has 3 heterocycles. The lowest BCUT2D eigenvalue weighted by atomic mass is 9.64. The molecule has 43 heavy (non-hydrogen) atoms. The second-order valence-corrected chi connectivity index (χ2v) is 12.9. The van der Waals surface area contributed by atoms with Gasteiger partial charge in [-0.3, -0.25) is 4.79 Å². The van der Waals surface area contributed by atoms with E-state index in [4.69, 9.17) is 15.2 Å². The zero-order valence-electron chi connectivity index (χ0n) is 24.7. The predicted molar refractivity (Wildman–Crippen MR) is 173 cm³/mol. The Morgan fingerprint density at radius 2 is 1.56 bits per heavy atom. The molecular weight excluding hydrogens is 554 g/mol. The van der Waals surface area contributed by atoms with Crippen LogP contribution in [0, 0.1) is 5.92 Å². The molecule has 3 aromatic carbocycles. The van der Waals surface area contributed by atoms with Crippen LogP contribution in [0.15, 0.2) is 91.0 Å². The first-order valence-electron chi connectivity index (χ1n) is 15.4. The van der Waals surface area contributed by atoms with Crippen LogP contribution in [0.3, 0.4) is 0 Å². The van der Waals surface area contributed by atoms with E-state index >= 15 is 0 Å². The Labute approximate surface area is 258 Å². The summed E-state index contributed by atoms with van der Waals surface area (Å²) in [4.78, 5) is 18.8. The highest BCUT2D eigenvalue weighted by atomic mass is 32.1. The first-order chi connectivity index (χ1) is 21.1. The van der Waals surface area contributed by atoms with Gasteiger partial charge in [-0.15, -0.1) is 11.3 Å². The second kappa shape index (κ2) is 13.8. The van der Waals surface area contributed by atoms with Crippen LogP contribution in [0.4, 0.5) is 0 Å². The lowest BCUT2D eigenvalue weighted by Crippen LogP contribution is -2.49. The number of fused-ring (bicyclic) bond motifs is 1. The van der Waals surface area contributed by atoms with Crippen LogP contribution in [-0.2, 0) is 29.6 Å². The standard InChI is InChI=1S/C36H41N3O3S/c37-35(40)36(28-9-3-1-4-10-28,29-11-5-2-6-12-29)30-19-22-39(25-30)21-8-14-32-17-16-31(43-32)13-7-20-38-24-27-15-18-33-34(23-27)42-26-41-33/h1-6,9-12,15-18,23,30,38H,7-8,13-14,19-22,24-26H2,(H2,37,40)/t30-/m1/s1. The van der Waals surface area contributed by atoms with Crippen LogP contribution in [-0.4, -0.2) is 43.8 Å². The zero-order chi connectivity index (χ0) is 29.5. The van der Waals surface area contributed by atoms with Crippen LogP contribution < -0.4 is 20.5 Å². The highest BCUT2D eigenvalue weighted by Gasteiger charge is 2.49. The number of amides is 1. The number of rotatable bonds is 14. The van der Waals surface area contributed by atoms with Gasteiger partial charge in [-0.1, -0.05) is 66.7 Å². The van der Waals surface area contributed by atoms with Gasteiger partial charge in [-0.2, -0.15) is 0 Å². The van der Waals surface area contributed by atoms with E-state index in [0.29, 0.717) is 6.79 Å². The normalized spacial score (nSPS) is 16.5. The van der Waals surface area contributed by atoms with Crippen molar-refractivity contribution in [2.24, 2.45) is 11.7 Å². The molecule has 0 radical (unpaired) electrons. The minimum atomic E-state index is -0.820. The maximum absolute atomic E-state index is 13.3. The number of carbonyl (C=O) groups is 1. The Morgan fingerprint density at radius 3 is 2.26 bits per heavy atom. The number of nitrogens with two attached hydrogens (primary N) is 1. The number of thiophene rings is 1. The minimum absolute atomic E-state index is 0.141. The van der Waals surface area contributed by atoms with Gasteiger partial charge in [0.2, 0.25) is 12.7 Å². The third-order valence-electron chi connectivity index (χ3n) is 8.89. The van der Waals surface area contributed by atoms with Gasteiger partial charge in [0.25, 0.3) is 0 Å². The van der Waals surface area contributed by atoms with Crippen molar-refractivity contribution in [2.45, 2.75) is 44.1 Å². The second-order valence-electron chi connectivity index (χ2n) is 11.6. The number of nitrogens with zero attached hydrogens (tertiary/aromatic N) is 1. The number of benzene rings is 3. The van der Waals surface area contributed by atoms with Gasteiger partial charge < -0.3 is 25.4 Å². The molecule has 1 amide bonds. The molecule has 0 saturated carbocycles. The van der Waals surface area contributed by atoms with E-state index in [0.717, 1.165) is 87.5 Å². The van der Waals surface area contributed by atoms with E-state index < -0.39 is 5.41 Å². The van der Waals surface area contributed by atoms with Crippen LogP contribution in [0.5, 0.6) is 11.5 Å². The maximum atomic E-state index is 13.3. The summed E-state index contributed by atoms with van der Waals surface area (Å²) in [7, 11) is 0. The Morgan fingerprint density at radius 1 is 0.884 bits per heavy atom. The molecule has 0 unspecified atom stereocenters. The summed E-state index contributed by atoms with van der Waals surface area (Å²) in [5.41, 5.74) is 8.65. The van der Waals surface area contributed by atoms with Crippen molar-refractivity contribution in [3.8, 4) is 11.5 Å². The highest BCUT2D eigenvalue weighted by molar-refractivity contribution is 7.11. The zero-order valence-corrected chi connectivity index (χ0v) is 25.5. The summed E-state index contributed by atoms with van der Waals surface area (Å²) in [6.07, 6.45) is 5.38. The quantitative estimate of drug-likeness (QED) is 0.177. The van der Waals surface area contributed by atoms with E-state index in [2.05, 4.69) is 58.7 Å². The molecule has 6 rings (SSSR count). The number of hydrogen-bond donors (Lipinski definition) is 2. The fourth-order valence-electron chi connectivity index (χ4n) is 6.75. The van der Waals surface area contributed by atoms with E-state index in [1.807, 2.05) is 53.8 Å². The van der Waals surface area contributed by atoms with Crippen molar-refractivity contribution in [3.63, 3.8) is 0 Å². The summed E-state index contributed by atoms with van der Waals surface area (Å²) in [6.45, 7) is 5.04. The van der Waals surface area contributed by atoms with Crippen molar-refractivity contribution >= 4 is 17.2 Å². The maximum Gasteiger partial charge on any atom is 0.232 e. The van der Waals surface area contributed by atoms with Gasteiger partial charge in [-0.05, 0) is 98.6 Å². The SMILES string of the molecule is NC(=O)C(c1ccccc1)(c1ccccc1)[C@@H]1CCN(CCCc2ccc(CCCNCc3ccc4c(c3)OCO4)s2)C1. The van der Waals surface area contributed by atoms with E-state index in [1.165, 1.54) is 15.3 Å². The summed E-state index contributed by atoms with van der Waals surface area (Å²) in [5.74, 6) is 1.55. The summed E-state index contributed by atoms with van der Waals surface area (Å²) in [6, 6.07) is 31.0. The fourth-order valence-corrected chi connectivity index (χ4v) is 7.86. The first-order valence-corrected chi connectivity index (χ1v) is 16.2. The molecule has 4 aromatic rings. The molecule has 1 fully saturated rings. The predicted octanol–water partition coefficient (Wildman–Crippen LogP) is 5.93. The third-order valence-corrected chi connectivity index (χ3v) is 10.1. The lowest BCUT2D eigenvalue weighted by Gasteiger charge is -2.37. The molecule has 0 spiro atoms. The number of aryl methyl sites for hydroxylation is 2. The highest BCUT2D eigenvalue weighted by Crippen LogP contribution is 2.43. The molecule has 6 nitrogen and oxygen atoms in total. The Bertz CT molecular complexity index is 1450. The molecular formula is C36H41N3O3S. The molecule has 1 atom stereocenters. The minimum Gasteiger partial charge on any atom is -0.454 e. The Hall–Kier alpha value is -3.65. The van der Waals surface area contributed by atoms with Gasteiger partial charge >= 0.3 is 0 Å². The number of nitrogens with one attached hydrogen (secondary N) is 1. The Balaban J connectivity index is 0.965. The van der Waals surface area contributed by atoms with Crippen LogP contribution in [0.2, 0.25) is 0 Å². The molecule has 2 aliphatic heterocycles. The third kappa shape index (κ3) is 6.64. The van der Waals surface area contributed by atoms with Crippen molar-refractivity contribution in [1.82, 2.24) is 10.2 Å². The van der Waals surface area contributed by atoms with Crippen LogP contribution >= 0.6 is 11.3 Å². The number of likely N-dealkylation sites (tertiary alicyclic amines) is 1. The van der Waals surface area contributed by atoms with Gasteiger partial charge in [-0.25, -0.2) is 0 Å². The smallest absolute Gasteiger partial charge is 0.232 e. The van der Waals surface area contributed by atoms with E-state index in [-0.39, 0.29) is 11.8 Å². The number of primary amides is 1. The molecule has 3 N–H and O–H groups in total. The first kappa shape index (κ1) is 29.4. The van der Waals surface area contributed by atoms with E-state index in [1.54, 1.807) is 0 Å². The van der Waals surface area contributed by atoms with Crippen molar-refractivity contribution in [3.05, 3.63) is 117 Å². The fraction of sp³-hybridized carbons (Fsp3) is 0.361. The van der Waals surface area contributed by atoms with Crippen molar-refractivity contribution in [2.75, 3.05) is 33.0 Å². The number of hydrogen-bond acceptors (Lipinski definition) is 6. The number of ether oxygens (including phenoxy) is 2. The van der Waals surface area contributed by atoms with E-state index in [9.17, 15) is 4.79 Å². The Kier molecular flexibility index (Phi) is 9.42. The topological polar surface area (TPSA) is 76.8 Å². The van der Waals surface area contributed by atoms with Crippen molar-refractivity contribution < 1.29 is 14.3 Å². The monoisotopic (exact) mass is 595 g/mol. The summed E-state index contributed by atoms with van der Waals surface area (Å²) >= 11 is 1.95. The molecule has 0 bridgehead atoms. The molecule has 2 aliphatic rings. The van der Waals surface area contributed by atoms with Gasteiger partial charge in [0.1, 0.15) is 5.41 Å². The van der Waals surface area contributed by atoms with Gasteiger partial charge in [0.15, 0.2) is 11.5 Å². The van der Waals surface area contributed by atoms with Gasteiger partial charge in [0, 0.05) is 22.8 Å². The van der Waals surface area contributed by atoms with Crippen LogP contribution in [0.25, 0.3) is 0 Å². The average Bonchev–Trinajstić information content (AvgIpc) is 3.80. The van der Waals surface area contributed by atoms with Crippen molar-refractivity contribution in [1.29, 1.82) is 0 Å². The lowest BCUT2D eigenvalue weighted by molar-refractivity contribution is -0.123. The number of carbonyl (C=O) groups excluding carboxylic acids is 1. The molecule has 1 aromatic heterocycles. The molecule has 224 valence electrons. The molecule has 0 aliphatic carbocycles. The van der Waals surface area contributed by atoms with Crippen LogP contribution in [0.1, 0.15) is 45.7 Å². The summed E-state index contributed by atoms with van der Waals surface area (Å²) < 4.78 is 10.9. The molecule has 7 heteroatoms. The summed E-state index contributed by atoms with van der Waals surface area (Å²) in [5, 5.41) is 3.55.